The number of anilines is 1. The lowest BCUT2D eigenvalue weighted by Gasteiger charge is -2.21. The van der Waals surface area contributed by atoms with Crippen LogP contribution in [0.2, 0.25) is 0 Å². The Morgan fingerprint density at radius 2 is 1.96 bits per heavy atom. The molecule has 1 aromatic rings. The molecule has 9 heteroatoms. The van der Waals surface area contributed by atoms with Gasteiger partial charge in [-0.2, -0.15) is 0 Å². The van der Waals surface area contributed by atoms with Crippen LogP contribution >= 0.6 is 12.4 Å². The molecule has 1 heterocycles. The summed E-state index contributed by atoms with van der Waals surface area (Å²) in [7, 11) is -3.77. The molecule has 1 saturated heterocycles. The molecule has 7 nitrogen and oxygen atoms in total. The van der Waals surface area contributed by atoms with E-state index in [2.05, 4.69) is 4.72 Å². The molecule has 1 fully saturated rings. The second-order valence-corrected chi connectivity index (χ2v) is 8.51. The highest BCUT2D eigenvalue weighted by molar-refractivity contribution is 7.93. The third kappa shape index (κ3) is 6.34. The summed E-state index contributed by atoms with van der Waals surface area (Å²) in [5, 5.41) is 0. The first-order valence-corrected chi connectivity index (χ1v) is 10.1. The van der Waals surface area contributed by atoms with Gasteiger partial charge in [0.1, 0.15) is 11.5 Å². The Kier molecular flexibility index (Phi) is 8.17. The van der Waals surface area contributed by atoms with Gasteiger partial charge in [-0.3, -0.25) is 9.52 Å². The molecule has 2 atom stereocenters. The van der Waals surface area contributed by atoms with Gasteiger partial charge < -0.3 is 15.4 Å². The molecular formula is C17H28ClN3O4S. The Bertz CT molecular complexity index is 694. The number of hydrogen-bond acceptors (Lipinski definition) is 5. The lowest BCUT2D eigenvalue weighted by atomic mass is 10.1. The molecule has 2 rings (SSSR count). The van der Waals surface area contributed by atoms with Crippen molar-refractivity contribution in [1.82, 2.24) is 4.90 Å². The minimum absolute atomic E-state index is 0. The maximum Gasteiger partial charge on any atom is 0.241 e. The summed E-state index contributed by atoms with van der Waals surface area (Å²) in [6.45, 7) is 6.77. The standard InChI is InChI=1S/C17H27N3O4S.ClH/c1-12(2)24-16-6-4-15(5-7-16)19-25(22,23)11-17(21)20-10-14(9-18)8-13(20)3;/h4-7,12-14,19H,8-11,18H2,1-3H3;1H. The third-order valence-electron chi connectivity index (χ3n) is 4.13. The number of hydrogen-bond donors (Lipinski definition) is 2. The zero-order valence-electron chi connectivity index (χ0n) is 15.3. The summed E-state index contributed by atoms with van der Waals surface area (Å²) in [5.41, 5.74) is 6.05. The number of carbonyl (C=O) groups excluding carboxylic acids is 1. The first kappa shape index (κ1) is 22.5. The van der Waals surface area contributed by atoms with Crippen molar-refractivity contribution in [2.24, 2.45) is 11.7 Å². The Balaban J connectivity index is 0.00000338. The number of nitrogens with one attached hydrogen (secondary N) is 1. The van der Waals surface area contributed by atoms with Crippen LogP contribution in [0, 0.1) is 5.92 Å². The maximum absolute atomic E-state index is 12.3. The molecule has 0 aliphatic carbocycles. The van der Waals surface area contributed by atoms with E-state index in [-0.39, 0.29) is 30.5 Å². The number of nitrogens with two attached hydrogens (primary N) is 1. The van der Waals surface area contributed by atoms with Crippen molar-refractivity contribution < 1.29 is 17.9 Å². The summed E-state index contributed by atoms with van der Waals surface area (Å²) < 4.78 is 32.5. The van der Waals surface area contributed by atoms with Gasteiger partial charge >= 0.3 is 0 Å². The number of ether oxygens (including phenoxy) is 1. The summed E-state index contributed by atoms with van der Waals surface area (Å²) in [4.78, 5) is 14.0. The van der Waals surface area contributed by atoms with Crippen LogP contribution in [-0.2, 0) is 14.8 Å². The van der Waals surface area contributed by atoms with Crippen molar-refractivity contribution in [1.29, 1.82) is 0 Å². The number of halogens is 1. The molecule has 1 aliphatic rings. The van der Waals surface area contributed by atoms with Crippen LogP contribution < -0.4 is 15.2 Å². The van der Waals surface area contributed by atoms with Crippen molar-refractivity contribution >= 4 is 34.0 Å². The molecule has 0 spiro atoms. The predicted octanol–water partition coefficient (Wildman–Crippen LogP) is 1.83. The molecule has 1 aliphatic heterocycles. The van der Waals surface area contributed by atoms with Gasteiger partial charge in [0, 0.05) is 18.3 Å². The average molecular weight is 406 g/mol. The third-order valence-corrected chi connectivity index (χ3v) is 5.30. The van der Waals surface area contributed by atoms with Crippen LogP contribution in [0.25, 0.3) is 0 Å². The van der Waals surface area contributed by atoms with E-state index < -0.39 is 21.7 Å². The first-order valence-electron chi connectivity index (χ1n) is 8.47. The number of carbonyl (C=O) groups is 1. The van der Waals surface area contributed by atoms with E-state index in [0.29, 0.717) is 24.5 Å². The highest BCUT2D eigenvalue weighted by Crippen LogP contribution is 2.23. The van der Waals surface area contributed by atoms with Crippen molar-refractivity contribution in [3.05, 3.63) is 24.3 Å². The first-order chi connectivity index (χ1) is 11.7. The normalized spacial score (nSPS) is 20.0. The largest absolute Gasteiger partial charge is 0.491 e. The molecule has 1 aromatic carbocycles. The van der Waals surface area contributed by atoms with Crippen LogP contribution in [0.4, 0.5) is 5.69 Å². The molecule has 1 amide bonds. The van der Waals surface area contributed by atoms with Crippen LogP contribution in [0.3, 0.4) is 0 Å². The van der Waals surface area contributed by atoms with Crippen LogP contribution in [-0.4, -0.2) is 50.2 Å². The van der Waals surface area contributed by atoms with Crippen LogP contribution in [0.15, 0.2) is 24.3 Å². The van der Waals surface area contributed by atoms with E-state index in [1.165, 1.54) is 0 Å². The van der Waals surface area contributed by atoms with Gasteiger partial charge in [-0.15, -0.1) is 12.4 Å². The Hall–Kier alpha value is -1.51. The fraction of sp³-hybridized carbons (Fsp3) is 0.588. The second kappa shape index (κ2) is 9.43. The maximum atomic E-state index is 12.3. The van der Waals surface area contributed by atoms with E-state index >= 15 is 0 Å². The fourth-order valence-corrected chi connectivity index (χ4v) is 4.05. The summed E-state index contributed by atoms with van der Waals surface area (Å²) in [6.07, 6.45) is 0.854. The van der Waals surface area contributed by atoms with Crippen molar-refractivity contribution in [3.63, 3.8) is 0 Å². The lowest BCUT2D eigenvalue weighted by Crippen LogP contribution is -2.39. The lowest BCUT2D eigenvalue weighted by molar-refractivity contribution is -0.129. The summed E-state index contributed by atoms with van der Waals surface area (Å²) in [5.74, 6) is -0.0645. The molecule has 0 bridgehead atoms. The zero-order chi connectivity index (χ0) is 18.6. The minimum atomic E-state index is -3.77. The van der Waals surface area contributed by atoms with Gasteiger partial charge in [0.15, 0.2) is 0 Å². The smallest absolute Gasteiger partial charge is 0.241 e. The monoisotopic (exact) mass is 405 g/mol. The highest BCUT2D eigenvalue weighted by atomic mass is 35.5. The SMILES string of the molecule is CC(C)Oc1ccc(NS(=O)(=O)CC(=O)N2CC(CN)CC2C)cc1.Cl. The fourth-order valence-electron chi connectivity index (χ4n) is 3.00. The van der Waals surface area contributed by atoms with Gasteiger partial charge in [0.05, 0.1) is 6.10 Å². The topological polar surface area (TPSA) is 102 Å². The number of nitrogens with zero attached hydrogens (tertiary/aromatic N) is 1. The van der Waals surface area contributed by atoms with E-state index in [9.17, 15) is 13.2 Å². The van der Waals surface area contributed by atoms with Gasteiger partial charge in [-0.05, 0) is 63.9 Å². The molecular weight excluding hydrogens is 378 g/mol. The van der Waals surface area contributed by atoms with Crippen LogP contribution in [0.5, 0.6) is 5.75 Å². The number of amides is 1. The molecule has 2 unspecified atom stereocenters. The zero-order valence-corrected chi connectivity index (χ0v) is 17.0. The minimum Gasteiger partial charge on any atom is -0.491 e. The number of likely N-dealkylation sites (tertiary alicyclic amines) is 1. The summed E-state index contributed by atoms with van der Waals surface area (Å²) in [6, 6.07) is 6.62. The van der Waals surface area contributed by atoms with Gasteiger partial charge in [0.2, 0.25) is 15.9 Å². The van der Waals surface area contributed by atoms with E-state index in [4.69, 9.17) is 10.5 Å². The van der Waals surface area contributed by atoms with E-state index in [0.717, 1.165) is 6.42 Å². The Labute approximate surface area is 161 Å². The van der Waals surface area contributed by atoms with E-state index in [1.54, 1.807) is 29.2 Å². The quantitative estimate of drug-likeness (QED) is 0.720. The van der Waals surface area contributed by atoms with Crippen molar-refractivity contribution in [3.8, 4) is 5.75 Å². The Morgan fingerprint density at radius 3 is 2.46 bits per heavy atom. The molecule has 0 aromatic heterocycles. The number of sulfonamides is 1. The average Bonchev–Trinajstić information content (AvgIpc) is 2.89. The summed E-state index contributed by atoms with van der Waals surface area (Å²) >= 11 is 0. The van der Waals surface area contributed by atoms with Gasteiger partial charge in [-0.25, -0.2) is 8.42 Å². The molecule has 3 N–H and O–H groups in total. The molecule has 148 valence electrons. The Morgan fingerprint density at radius 1 is 1.35 bits per heavy atom. The number of rotatable bonds is 7. The van der Waals surface area contributed by atoms with Crippen molar-refractivity contribution in [2.75, 3.05) is 23.6 Å². The number of benzene rings is 1. The van der Waals surface area contributed by atoms with Gasteiger partial charge in [0.25, 0.3) is 0 Å². The molecule has 26 heavy (non-hydrogen) atoms. The van der Waals surface area contributed by atoms with Crippen molar-refractivity contribution in [2.45, 2.75) is 39.3 Å². The van der Waals surface area contributed by atoms with Crippen LogP contribution in [0.1, 0.15) is 27.2 Å². The predicted molar refractivity (Wildman–Crippen MR) is 105 cm³/mol. The highest BCUT2D eigenvalue weighted by Gasteiger charge is 2.33. The van der Waals surface area contributed by atoms with E-state index in [1.807, 2.05) is 20.8 Å². The molecule has 0 saturated carbocycles. The molecule has 0 radical (unpaired) electrons. The van der Waals surface area contributed by atoms with Gasteiger partial charge in [-0.1, -0.05) is 0 Å². The second-order valence-electron chi connectivity index (χ2n) is 6.78.